The van der Waals surface area contributed by atoms with E-state index in [9.17, 15) is 4.79 Å². The van der Waals surface area contributed by atoms with Crippen LogP contribution in [0.4, 0.5) is 0 Å². The van der Waals surface area contributed by atoms with Crippen molar-refractivity contribution in [2.24, 2.45) is 0 Å². The summed E-state index contributed by atoms with van der Waals surface area (Å²) in [6, 6.07) is 6.67. The predicted molar refractivity (Wildman–Crippen MR) is 53.7 cm³/mol. The molecule has 0 saturated carbocycles. The lowest BCUT2D eigenvalue weighted by Gasteiger charge is -2.00. The minimum atomic E-state index is -0.495. The van der Waals surface area contributed by atoms with Crippen LogP contribution in [0.5, 0.6) is 5.75 Å². The van der Waals surface area contributed by atoms with Crippen molar-refractivity contribution in [1.29, 1.82) is 5.26 Å². The highest BCUT2D eigenvalue weighted by Gasteiger charge is 1.99. The highest BCUT2D eigenvalue weighted by molar-refractivity contribution is 8.03. The van der Waals surface area contributed by atoms with Crippen molar-refractivity contribution in [3.05, 3.63) is 36.9 Å². The Kier molecular flexibility index (Phi) is 3.77. The number of carbonyl (C=O) groups is 1. The van der Waals surface area contributed by atoms with Crippen LogP contribution in [0, 0.1) is 10.7 Å². The molecule has 70 valence electrons. The van der Waals surface area contributed by atoms with Crippen LogP contribution >= 0.6 is 11.8 Å². The topological polar surface area (TPSA) is 50.1 Å². The molecular formula is C10H7NO2S. The highest BCUT2D eigenvalue weighted by Crippen LogP contribution is 2.20. The van der Waals surface area contributed by atoms with Gasteiger partial charge < -0.3 is 4.74 Å². The maximum Gasteiger partial charge on any atom is 0.335 e. The molecule has 0 aliphatic rings. The van der Waals surface area contributed by atoms with Gasteiger partial charge >= 0.3 is 5.97 Å². The van der Waals surface area contributed by atoms with Crippen LogP contribution in [0.25, 0.3) is 0 Å². The zero-order chi connectivity index (χ0) is 10.4. The van der Waals surface area contributed by atoms with Gasteiger partial charge in [-0.2, -0.15) is 5.26 Å². The minimum Gasteiger partial charge on any atom is -0.423 e. The number of nitriles is 1. The van der Waals surface area contributed by atoms with Crippen molar-refractivity contribution in [3.8, 4) is 11.2 Å². The van der Waals surface area contributed by atoms with Crippen molar-refractivity contribution >= 4 is 17.7 Å². The van der Waals surface area contributed by atoms with Crippen LogP contribution < -0.4 is 4.74 Å². The average Bonchev–Trinajstić information content (AvgIpc) is 2.21. The third kappa shape index (κ3) is 2.96. The molecule has 0 aliphatic carbocycles. The van der Waals surface area contributed by atoms with Crippen molar-refractivity contribution in [1.82, 2.24) is 0 Å². The minimum absolute atomic E-state index is 0.442. The second-order valence-corrected chi connectivity index (χ2v) is 3.15. The summed E-state index contributed by atoms with van der Waals surface area (Å²) < 4.78 is 4.85. The molecule has 14 heavy (non-hydrogen) atoms. The van der Waals surface area contributed by atoms with Crippen LogP contribution in [0.15, 0.2) is 41.8 Å². The van der Waals surface area contributed by atoms with Gasteiger partial charge in [-0.3, -0.25) is 0 Å². The van der Waals surface area contributed by atoms with Gasteiger partial charge in [0.1, 0.15) is 11.2 Å². The van der Waals surface area contributed by atoms with E-state index in [4.69, 9.17) is 10.00 Å². The Bertz CT molecular complexity index is 378. The molecule has 0 heterocycles. The summed E-state index contributed by atoms with van der Waals surface area (Å²) in [6.07, 6.45) is 1.10. The molecule has 0 fully saturated rings. The number of carbonyl (C=O) groups excluding carboxylic acids is 1. The van der Waals surface area contributed by atoms with Crippen LogP contribution in [0.1, 0.15) is 0 Å². The second kappa shape index (κ2) is 5.10. The molecule has 0 aromatic heterocycles. The Morgan fingerprint density at radius 2 is 2.14 bits per heavy atom. The van der Waals surface area contributed by atoms with E-state index in [1.807, 2.05) is 5.40 Å². The van der Waals surface area contributed by atoms with Gasteiger partial charge in [-0.25, -0.2) is 4.79 Å². The zero-order valence-corrected chi connectivity index (χ0v) is 8.08. The predicted octanol–water partition coefficient (Wildman–Crippen LogP) is 2.35. The Morgan fingerprint density at radius 1 is 1.50 bits per heavy atom. The summed E-state index contributed by atoms with van der Waals surface area (Å²) in [5, 5.41) is 10.3. The smallest absolute Gasteiger partial charge is 0.335 e. The first-order chi connectivity index (χ1) is 6.76. The number of nitrogens with zero attached hydrogens (tertiary/aromatic N) is 1. The average molecular weight is 205 g/mol. The number of hydrogen-bond acceptors (Lipinski definition) is 4. The van der Waals surface area contributed by atoms with E-state index in [1.165, 1.54) is 0 Å². The number of benzene rings is 1. The van der Waals surface area contributed by atoms with Crippen molar-refractivity contribution in [2.45, 2.75) is 4.90 Å². The number of thioether (sulfide) groups is 1. The molecule has 1 rings (SSSR count). The van der Waals surface area contributed by atoms with E-state index in [1.54, 1.807) is 24.3 Å². The Morgan fingerprint density at radius 3 is 2.64 bits per heavy atom. The first kappa shape index (κ1) is 10.4. The van der Waals surface area contributed by atoms with E-state index in [-0.39, 0.29) is 0 Å². The molecule has 0 saturated heterocycles. The molecule has 0 atom stereocenters. The number of esters is 1. The molecule has 0 aliphatic heterocycles. The fourth-order valence-corrected chi connectivity index (χ4v) is 1.16. The summed E-state index contributed by atoms with van der Waals surface area (Å²) in [5.41, 5.74) is 0. The zero-order valence-electron chi connectivity index (χ0n) is 7.27. The summed E-state index contributed by atoms with van der Waals surface area (Å²) in [5.74, 6) is -0.0529. The Hall–Kier alpha value is -1.73. The molecule has 0 radical (unpaired) electrons. The maximum absolute atomic E-state index is 10.8. The molecule has 1 aromatic rings. The largest absolute Gasteiger partial charge is 0.423 e. The van der Waals surface area contributed by atoms with Crippen molar-refractivity contribution in [3.63, 3.8) is 0 Å². The quantitative estimate of drug-likeness (QED) is 0.250. The van der Waals surface area contributed by atoms with E-state index in [0.717, 1.165) is 22.7 Å². The fraction of sp³-hybridized carbons (Fsp3) is 0. The van der Waals surface area contributed by atoms with Gasteiger partial charge in [0.25, 0.3) is 0 Å². The lowest BCUT2D eigenvalue weighted by atomic mass is 10.3. The van der Waals surface area contributed by atoms with Crippen LogP contribution in [-0.2, 0) is 4.79 Å². The monoisotopic (exact) mass is 205 g/mol. The molecule has 4 heteroatoms. The van der Waals surface area contributed by atoms with Gasteiger partial charge in [0.05, 0.1) is 0 Å². The van der Waals surface area contributed by atoms with E-state index < -0.39 is 5.97 Å². The maximum atomic E-state index is 10.8. The van der Waals surface area contributed by atoms with Gasteiger partial charge in [-0.15, -0.1) is 0 Å². The molecular weight excluding hydrogens is 198 g/mol. The highest BCUT2D eigenvalue weighted by atomic mass is 32.2. The van der Waals surface area contributed by atoms with E-state index >= 15 is 0 Å². The normalized spacial score (nSPS) is 8.79. The first-order valence-electron chi connectivity index (χ1n) is 3.76. The van der Waals surface area contributed by atoms with Gasteiger partial charge in [0, 0.05) is 11.0 Å². The van der Waals surface area contributed by atoms with Crippen LogP contribution in [0.3, 0.4) is 0 Å². The number of thiocyanates is 1. The Labute approximate surface area is 86.0 Å². The number of ether oxygens (including phenoxy) is 1. The third-order valence-corrected chi connectivity index (χ3v) is 1.97. The number of hydrogen-bond donors (Lipinski definition) is 0. The van der Waals surface area contributed by atoms with Crippen molar-refractivity contribution < 1.29 is 9.53 Å². The van der Waals surface area contributed by atoms with Gasteiger partial charge in [0.2, 0.25) is 0 Å². The molecule has 0 N–H and O–H groups in total. The lowest BCUT2D eigenvalue weighted by Crippen LogP contribution is -2.02. The van der Waals surface area contributed by atoms with Crippen molar-refractivity contribution in [2.75, 3.05) is 0 Å². The lowest BCUT2D eigenvalue weighted by molar-refractivity contribution is -0.128. The standard InChI is InChI=1S/C10H7NO2S/c1-2-10(12)13-8-3-5-9(6-4-8)14-7-11/h2-6H,1H2. The molecule has 1 aromatic carbocycles. The molecule has 0 amide bonds. The molecule has 0 unspecified atom stereocenters. The second-order valence-electron chi connectivity index (χ2n) is 2.29. The van der Waals surface area contributed by atoms with Gasteiger partial charge in [-0.1, -0.05) is 6.58 Å². The number of rotatable bonds is 3. The third-order valence-electron chi connectivity index (χ3n) is 1.37. The summed E-state index contributed by atoms with van der Waals surface area (Å²) >= 11 is 1.05. The van der Waals surface area contributed by atoms with E-state index in [0.29, 0.717) is 5.75 Å². The van der Waals surface area contributed by atoms with Gasteiger partial charge in [-0.05, 0) is 36.0 Å². The molecule has 0 bridgehead atoms. The van der Waals surface area contributed by atoms with Crippen LogP contribution in [-0.4, -0.2) is 5.97 Å². The molecule has 0 spiro atoms. The first-order valence-corrected chi connectivity index (χ1v) is 4.58. The summed E-state index contributed by atoms with van der Waals surface area (Å²) in [6.45, 7) is 3.28. The summed E-state index contributed by atoms with van der Waals surface area (Å²) in [4.78, 5) is 11.6. The SMILES string of the molecule is C=CC(=O)Oc1ccc(SC#N)cc1. The fourth-order valence-electron chi connectivity index (χ4n) is 0.786. The molecule has 3 nitrogen and oxygen atoms in total. The van der Waals surface area contributed by atoms with Gasteiger partial charge in [0.15, 0.2) is 0 Å². The Balaban J connectivity index is 2.69. The van der Waals surface area contributed by atoms with Crippen LogP contribution in [0.2, 0.25) is 0 Å². The summed E-state index contributed by atoms with van der Waals surface area (Å²) in [7, 11) is 0. The van der Waals surface area contributed by atoms with E-state index in [2.05, 4.69) is 6.58 Å².